The minimum atomic E-state index is -1.05. The minimum Gasteiger partial charge on any atom is -0.376 e. The summed E-state index contributed by atoms with van der Waals surface area (Å²) in [4.78, 5) is 0. The summed E-state index contributed by atoms with van der Waals surface area (Å²) in [6.07, 6.45) is -7.69. The first-order chi connectivity index (χ1) is 33.1. The zero-order valence-corrected chi connectivity index (χ0v) is 38.2. The number of ether oxygens (including phenoxy) is 11. The van der Waals surface area contributed by atoms with E-state index in [-0.39, 0.29) is 33.0 Å². The minimum absolute atomic E-state index is 0.146. The van der Waals surface area contributed by atoms with Crippen LogP contribution in [0.25, 0.3) is 0 Å². The van der Waals surface area contributed by atoms with Gasteiger partial charge in [-0.15, -0.1) is 0 Å². The molecular weight excluding hydrogens is 849 g/mol. The topological polar surface area (TPSA) is 102 Å². The fourth-order valence-corrected chi connectivity index (χ4v) is 8.46. The molecule has 2 aliphatic rings. The molecule has 2 saturated heterocycles. The average Bonchev–Trinajstić information content (AvgIpc) is 3.38. The lowest BCUT2D eigenvalue weighted by Gasteiger charge is -2.50. The van der Waals surface area contributed by atoms with Crippen LogP contribution in [0.2, 0.25) is 0 Å². The summed E-state index contributed by atoms with van der Waals surface area (Å²) < 4.78 is 74.0. The van der Waals surface area contributed by atoms with Gasteiger partial charge in [0.25, 0.3) is 0 Å². The van der Waals surface area contributed by atoms with Crippen molar-refractivity contribution in [3.05, 3.63) is 215 Å². The number of methoxy groups -OCH3 is 2. The van der Waals surface area contributed by atoms with Gasteiger partial charge < -0.3 is 52.1 Å². The molecular formula is C56H62O11. The molecule has 0 aliphatic carbocycles. The lowest BCUT2D eigenvalue weighted by molar-refractivity contribution is -0.374. The fourth-order valence-electron chi connectivity index (χ4n) is 8.46. The van der Waals surface area contributed by atoms with E-state index < -0.39 is 61.4 Å². The van der Waals surface area contributed by atoms with Crippen molar-refractivity contribution in [2.24, 2.45) is 0 Å². The second kappa shape index (κ2) is 25.9. The summed E-state index contributed by atoms with van der Waals surface area (Å²) in [7, 11) is 3.24. The Hall–Kier alpha value is -5.12. The zero-order valence-electron chi connectivity index (χ0n) is 38.2. The summed E-state index contributed by atoms with van der Waals surface area (Å²) in [5.74, 6) is 0. The molecule has 0 spiro atoms. The van der Waals surface area contributed by atoms with E-state index in [1.165, 1.54) is 0 Å². The number of benzene rings is 6. The van der Waals surface area contributed by atoms with Crippen LogP contribution in [0, 0.1) is 0 Å². The van der Waals surface area contributed by atoms with Crippen molar-refractivity contribution < 1.29 is 52.1 Å². The van der Waals surface area contributed by atoms with Crippen LogP contribution in [0.5, 0.6) is 0 Å². The molecule has 0 amide bonds. The van der Waals surface area contributed by atoms with Gasteiger partial charge in [-0.1, -0.05) is 182 Å². The van der Waals surface area contributed by atoms with Crippen molar-refractivity contribution in [1.29, 1.82) is 0 Å². The molecule has 11 nitrogen and oxygen atoms in total. The molecule has 0 aromatic heterocycles. The van der Waals surface area contributed by atoms with Crippen LogP contribution in [0.1, 0.15) is 33.4 Å². The van der Waals surface area contributed by atoms with E-state index in [0.717, 1.165) is 33.4 Å². The third-order valence-corrected chi connectivity index (χ3v) is 11.9. The van der Waals surface area contributed by atoms with Crippen molar-refractivity contribution in [3.8, 4) is 0 Å². The lowest BCUT2D eigenvalue weighted by Crippen LogP contribution is -2.66. The van der Waals surface area contributed by atoms with Crippen LogP contribution < -0.4 is 0 Å². The Labute approximate surface area is 394 Å². The Morgan fingerprint density at radius 1 is 0.313 bits per heavy atom. The highest BCUT2D eigenvalue weighted by Crippen LogP contribution is 2.36. The Kier molecular flexibility index (Phi) is 18.7. The fraction of sp³-hybridized carbons (Fsp3) is 0.357. The van der Waals surface area contributed by atoms with Gasteiger partial charge in [-0.05, 0) is 33.4 Å². The Morgan fingerprint density at radius 3 is 1.00 bits per heavy atom. The Morgan fingerprint density at radius 2 is 0.627 bits per heavy atom. The van der Waals surface area contributed by atoms with Gasteiger partial charge in [-0.2, -0.15) is 0 Å². The predicted octanol–water partition coefficient (Wildman–Crippen LogP) is 9.26. The first kappa shape index (κ1) is 48.3. The molecule has 2 heterocycles. The highest BCUT2D eigenvalue weighted by Gasteiger charge is 2.54. The SMILES string of the molecule is CO[C@@H]1O[C@H](COCc2ccccc2)[C@H](O[C@H]2O[C@H](COCc3ccccc3)[C@H](OCc3ccccc3)[C@H](OCc3ccccc3)[C@H]2OCc2ccccc2)[C@H](OC)[C@H]1OCc1ccccc1. The normalized spacial score (nSPS) is 25.2. The van der Waals surface area contributed by atoms with E-state index in [0.29, 0.717) is 19.8 Å². The highest BCUT2D eigenvalue weighted by atomic mass is 16.8. The van der Waals surface area contributed by atoms with E-state index in [4.69, 9.17) is 52.1 Å². The Balaban J connectivity index is 1.15. The molecule has 11 heteroatoms. The third kappa shape index (κ3) is 14.0. The van der Waals surface area contributed by atoms with Crippen molar-refractivity contribution in [2.45, 2.75) is 101 Å². The average molecular weight is 911 g/mol. The Bertz CT molecular complexity index is 2240. The van der Waals surface area contributed by atoms with Gasteiger partial charge in [-0.3, -0.25) is 0 Å². The summed E-state index contributed by atoms with van der Waals surface area (Å²) in [5, 5.41) is 0. The van der Waals surface area contributed by atoms with Gasteiger partial charge >= 0.3 is 0 Å². The maximum absolute atomic E-state index is 7.31. The highest BCUT2D eigenvalue weighted by molar-refractivity contribution is 5.18. The maximum Gasteiger partial charge on any atom is 0.187 e. The number of rotatable bonds is 24. The molecule has 8 rings (SSSR count). The van der Waals surface area contributed by atoms with Gasteiger partial charge in [0, 0.05) is 14.2 Å². The van der Waals surface area contributed by atoms with Gasteiger partial charge in [0.05, 0.1) is 52.9 Å². The van der Waals surface area contributed by atoms with Crippen LogP contribution in [0.4, 0.5) is 0 Å². The van der Waals surface area contributed by atoms with Crippen LogP contribution in [-0.4, -0.2) is 88.8 Å². The summed E-state index contributed by atoms with van der Waals surface area (Å²) in [5.41, 5.74) is 6.01. The molecule has 2 aliphatic heterocycles. The van der Waals surface area contributed by atoms with Gasteiger partial charge in [0.15, 0.2) is 12.6 Å². The van der Waals surface area contributed by atoms with Gasteiger partial charge in [0.1, 0.15) is 48.8 Å². The third-order valence-electron chi connectivity index (χ3n) is 11.9. The van der Waals surface area contributed by atoms with E-state index in [2.05, 4.69) is 0 Å². The molecule has 352 valence electrons. The van der Waals surface area contributed by atoms with Crippen molar-refractivity contribution >= 4 is 0 Å². The maximum atomic E-state index is 7.31. The van der Waals surface area contributed by atoms with Crippen molar-refractivity contribution in [1.82, 2.24) is 0 Å². The largest absolute Gasteiger partial charge is 0.376 e. The lowest BCUT2D eigenvalue weighted by atomic mass is 9.95. The first-order valence-electron chi connectivity index (χ1n) is 23.0. The molecule has 6 aromatic carbocycles. The summed E-state index contributed by atoms with van der Waals surface area (Å²) in [6.45, 7) is 2.14. The summed E-state index contributed by atoms with van der Waals surface area (Å²) in [6, 6.07) is 60.2. The predicted molar refractivity (Wildman–Crippen MR) is 252 cm³/mol. The molecule has 0 radical (unpaired) electrons. The van der Waals surface area contributed by atoms with Crippen LogP contribution in [0.3, 0.4) is 0 Å². The summed E-state index contributed by atoms with van der Waals surface area (Å²) >= 11 is 0. The van der Waals surface area contributed by atoms with E-state index in [1.54, 1.807) is 14.2 Å². The van der Waals surface area contributed by atoms with Crippen molar-refractivity contribution in [2.75, 3.05) is 27.4 Å². The van der Waals surface area contributed by atoms with Crippen LogP contribution in [-0.2, 0) is 91.7 Å². The second-order valence-corrected chi connectivity index (χ2v) is 16.7. The molecule has 10 atom stereocenters. The standard InChI is InChI=1S/C56H62O11/c1-57-51-50(48(40-60-34-42-23-11-4-12-24-42)65-55(58-2)53(51)63-37-45-29-17-7-18-30-45)67-56-54(64-38-46-31-19-8-20-32-46)52(62-36-44-27-15-6-16-28-44)49(61-35-43-25-13-5-14-26-43)47(66-56)39-59-33-41-21-9-3-10-22-41/h3-32,47-56H,33-40H2,1-2H3/t47-,48-,49+,50+,51+,52+,53-,54-,55-,56-/m1/s1. The molecule has 0 unspecified atom stereocenters. The van der Waals surface area contributed by atoms with E-state index in [1.807, 2.05) is 182 Å². The van der Waals surface area contributed by atoms with E-state index >= 15 is 0 Å². The monoisotopic (exact) mass is 910 g/mol. The number of hydrogen-bond donors (Lipinski definition) is 0. The van der Waals surface area contributed by atoms with Gasteiger partial charge in [-0.25, -0.2) is 0 Å². The van der Waals surface area contributed by atoms with Crippen LogP contribution in [0.15, 0.2) is 182 Å². The quantitative estimate of drug-likeness (QED) is 0.0581. The van der Waals surface area contributed by atoms with Gasteiger partial charge in [0.2, 0.25) is 0 Å². The number of hydrogen-bond acceptors (Lipinski definition) is 11. The van der Waals surface area contributed by atoms with Crippen LogP contribution >= 0.6 is 0 Å². The molecule has 0 bridgehead atoms. The first-order valence-corrected chi connectivity index (χ1v) is 23.0. The molecule has 0 N–H and O–H groups in total. The zero-order chi connectivity index (χ0) is 45.9. The molecule has 6 aromatic rings. The molecule has 67 heavy (non-hydrogen) atoms. The second-order valence-electron chi connectivity index (χ2n) is 16.7. The molecule has 0 saturated carbocycles. The smallest absolute Gasteiger partial charge is 0.187 e. The van der Waals surface area contributed by atoms with E-state index in [9.17, 15) is 0 Å². The van der Waals surface area contributed by atoms with Crippen molar-refractivity contribution in [3.63, 3.8) is 0 Å². The molecule has 2 fully saturated rings.